The summed E-state index contributed by atoms with van der Waals surface area (Å²) in [6.07, 6.45) is -0.503. The topological polar surface area (TPSA) is 38.7 Å². The highest BCUT2D eigenvalue weighted by molar-refractivity contribution is 4.81. The summed E-state index contributed by atoms with van der Waals surface area (Å²) >= 11 is 0. The van der Waals surface area contributed by atoms with Crippen LogP contribution in [0, 0.1) is 5.41 Å². The molecule has 0 radical (unpaired) electrons. The Morgan fingerprint density at radius 1 is 1.45 bits per heavy atom. The molecule has 1 fully saturated rings. The van der Waals surface area contributed by atoms with Crippen molar-refractivity contribution in [3.8, 4) is 0 Å². The van der Waals surface area contributed by atoms with Gasteiger partial charge in [0.2, 0.25) is 0 Å². The van der Waals surface area contributed by atoms with Crippen LogP contribution in [0.2, 0.25) is 0 Å². The van der Waals surface area contributed by atoms with Gasteiger partial charge in [-0.15, -0.1) is 0 Å². The molecule has 0 amide bonds. The first kappa shape index (κ1) is 8.97. The van der Waals surface area contributed by atoms with Crippen LogP contribution in [-0.4, -0.2) is 30.7 Å². The van der Waals surface area contributed by atoms with Gasteiger partial charge >= 0.3 is 0 Å². The molecule has 1 unspecified atom stereocenters. The monoisotopic (exact) mass is 160 g/mol. The third-order valence-corrected chi connectivity index (χ3v) is 2.30. The van der Waals surface area contributed by atoms with Crippen molar-refractivity contribution in [2.24, 2.45) is 5.41 Å². The molecule has 3 nitrogen and oxygen atoms in total. The Morgan fingerprint density at radius 2 is 1.91 bits per heavy atom. The molecule has 0 aromatic rings. The highest BCUT2D eigenvalue weighted by Crippen LogP contribution is 2.27. The van der Waals surface area contributed by atoms with E-state index in [0.717, 1.165) is 0 Å². The molecule has 1 N–H and O–H groups in total. The van der Waals surface area contributed by atoms with Crippen LogP contribution in [-0.2, 0) is 9.47 Å². The van der Waals surface area contributed by atoms with E-state index in [-0.39, 0.29) is 17.8 Å². The second-order valence-corrected chi connectivity index (χ2v) is 3.52. The molecule has 66 valence electrons. The molecular formula is C8H16O3. The van der Waals surface area contributed by atoms with Crippen LogP contribution < -0.4 is 0 Å². The lowest BCUT2D eigenvalue weighted by molar-refractivity contribution is -0.234. The molecule has 1 saturated heterocycles. The summed E-state index contributed by atoms with van der Waals surface area (Å²) in [6.45, 7) is 6.74. The van der Waals surface area contributed by atoms with Crippen molar-refractivity contribution in [3.05, 3.63) is 0 Å². The summed E-state index contributed by atoms with van der Waals surface area (Å²) in [5, 5.41) is 9.36. The summed E-state index contributed by atoms with van der Waals surface area (Å²) in [5.74, 6) is 0. The molecule has 1 aliphatic heterocycles. The van der Waals surface area contributed by atoms with Gasteiger partial charge < -0.3 is 14.6 Å². The van der Waals surface area contributed by atoms with Gasteiger partial charge in [-0.2, -0.15) is 0 Å². The Bertz CT molecular complexity index is 125. The van der Waals surface area contributed by atoms with Gasteiger partial charge in [0.05, 0.1) is 19.3 Å². The fourth-order valence-corrected chi connectivity index (χ4v) is 0.946. The van der Waals surface area contributed by atoms with E-state index in [1.54, 1.807) is 6.92 Å². The minimum Gasteiger partial charge on any atom is -0.393 e. The molecule has 0 spiro atoms. The van der Waals surface area contributed by atoms with Crippen LogP contribution in [0.1, 0.15) is 20.8 Å². The number of ether oxygens (including phenoxy) is 2. The third kappa shape index (κ3) is 1.92. The van der Waals surface area contributed by atoms with Crippen molar-refractivity contribution in [3.63, 3.8) is 0 Å². The van der Waals surface area contributed by atoms with Gasteiger partial charge in [-0.3, -0.25) is 0 Å². The van der Waals surface area contributed by atoms with E-state index in [1.807, 2.05) is 13.8 Å². The van der Waals surface area contributed by atoms with Gasteiger partial charge in [-0.05, 0) is 13.8 Å². The van der Waals surface area contributed by atoms with E-state index in [9.17, 15) is 5.11 Å². The van der Waals surface area contributed by atoms with E-state index in [2.05, 4.69) is 0 Å². The second-order valence-electron chi connectivity index (χ2n) is 3.52. The van der Waals surface area contributed by atoms with Gasteiger partial charge in [0.1, 0.15) is 0 Å². The molecule has 0 bridgehead atoms. The van der Waals surface area contributed by atoms with Crippen LogP contribution in [0.3, 0.4) is 0 Å². The zero-order chi connectivity index (χ0) is 8.48. The van der Waals surface area contributed by atoms with Crippen LogP contribution in [0.4, 0.5) is 0 Å². The van der Waals surface area contributed by atoms with Crippen LogP contribution in [0.25, 0.3) is 0 Å². The predicted molar refractivity (Wildman–Crippen MR) is 41.2 cm³/mol. The Hall–Kier alpha value is -0.120. The summed E-state index contributed by atoms with van der Waals surface area (Å²) < 4.78 is 10.5. The van der Waals surface area contributed by atoms with Crippen molar-refractivity contribution >= 4 is 0 Å². The second kappa shape index (κ2) is 3.09. The van der Waals surface area contributed by atoms with Crippen LogP contribution in [0.5, 0.6) is 0 Å². The van der Waals surface area contributed by atoms with Crippen LogP contribution in [0.15, 0.2) is 0 Å². The van der Waals surface area contributed by atoms with Gasteiger partial charge in [-0.25, -0.2) is 0 Å². The zero-order valence-electron chi connectivity index (χ0n) is 7.33. The third-order valence-electron chi connectivity index (χ3n) is 2.30. The summed E-state index contributed by atoms with van der Waals surface area (Å²) in [6, 6.07) is 0. The molecule has 0 aromatic carbocycles. The number of hydrogen-bond acceptors (Lipinski definition) is 3. The molecule has 0 saturated carbocycles. The number of aliphatic hydroxyl groups excluding tert-OH is 1. The zero-order valence-corrected chi connectivity index (χ0v) is 7.33. The molecular weight excluding hydrogens is 144 g/mol. The van der Waals surface area contributed by atoms with Gasteiger partial charge in [0.25, 0.3) is 0 Å². The maximum absolute atomic E-state index is 9.36. The molecule has 1 aliphatic rings. The van der Waals surface area contributed by atoms with Crippen molar-refractivity contribution in [1.82, 2.24) is 0 Å². The lowest BCUT2D eigenvalue weighted by Gasteiger charge is -2.38. The normalized spacial score (nSPS) is 42.0. The van der Waals surface area contributed by atoms with E-state index in [1.165, 1.54) is 0 Å². The average molecular weight is 160 g/mol. The molecule has 1 heterocycles. The minimum atomic E-state index is -0.380. The lowest BCUT2D eigenvalue weighted by atomic mass is 9.86. The number of rotatable bonds is 1. The summed E-state index contributed by atoms with van der Waals surface area (Å²) in [4.78, 5) is 0. The molecule has 11 heavy (non-hydrogen) atoms. The van der Waals surface area contributed by atoms with Crippen molar-refractivity contribution < 1.29 is 14.6 Å². The fourth-order valence-electron chi connectivity index (χ4n) is 0.946. The first-order valence-electron chi connectivity index (χ1n) is 3.96. The maximum atomic E-state index is 9.36. The summed E-state index contributed by atoms with van der Waals surface area (Å²) in [7, 11) is 0. The first-order chi connectivity index (χ1) is 5.04. The Kier molecular flexibility index (Phi) is 2.52. The molecule has 1 rings (SSSR count). The molecule has 1 atom stereocenters. The van der Waals surface area contributed by atoms with Gasteiger partial charge in [-0.1, -0.05) is 6.92 Å². The largest absolute Gasteiger partial charge is 0.393 e. The Labute approximate surface area is 67.3 Å². The smallest absolute Gasteiger partial charge is 0.154 e. The average Bonchev–Trinajstić information content (AvgIpc) is 1.95. The SMILES string of the molecule is CC1OCC(C)(C(C)O)CO1. The maximum Gasteiger partial charge on any atom is 0.154 e. The van der Waals surface area contributed by atoms with Gasteiger partial charge in [0.15, 0.2) is 6.29 Å². The van der Waals surface area contributed by atoms with E-state index in [0.29, 0.717) is 13.2 Å². The minimum absolute atomic E-state index is 0.123. The van der Waals surface area contributed by atoms with Crippen molar-refractivity contribution in [1.29, 1.82) is 0 Å². The van der Waals surface area contributed by atoms with E-state index < -0.39 is 0 Å². The van der Waals surface area contributed by atoms with Crippen molar-refractivity contribution in [2.45, 2.75) is 33.2 Å². The van der Waals surface area contributed by atoms with E-state index >= 15 is 0 Å². The Morgan fingerprint density at radius 3 is 2.27 bits per heavy atom. The molecule has 0 aliphatic carbocycles. The first-order valence-corrected chi connectivity index (χ1v) is 3.96. The van der Waals surface area contributed by atoms with E-state index in [4.69, 9.17) is 9.47 Å². The predicted octanol–water partition coefficient (Wildman–Crippen LogP) is 0.766. The summed E-state index contributed by atoms with van der Waals surface area (Å²) in [5.41, 5.74) is -0.230. The lowest BCUT2D eigenvalue weighted by Crippen LogP contribution is -2.45. The number of aliphatic hydroxyl groups is 1. The fraction of sp³-hybridized carbons (Fsp3) is 1.00. The Balaban J connectivity index is 2.48. The molecule has 0 aromatic heterocycles. The number of hydrogen-bond donors (Lipinski definition) is 1. The standard InChI is InChI=1S/C8H16O3/c1-6(9)8(3)4-10-7(2)11-5-8/h6-7,9H,4-5H2,1-3H3. The highest BCUT2D eigenvalue weighted by atomic mass is 16.7. The quantitative estimate of drug-likeness (QED) is 0.615. The van der Waals surface area contributed by atoms with Crippen molar-refractivity contribution in [2.75, 3.05) is 13.2 Å². The molecule has 3 heteroatoms. The van der Waals surface area contributed by atoms with Crippen LogP contribution >= 0.6 is 0 Å². The van der Waals surface area contributed by atoms with Gasteiger partial charge in [0, 0.05) is 5.41 Å². The highest BCUT2D eigenvalue weighted by Gasteiger charge is 2.35.